The van der Waals surface area contributed by atoms with E-state index in [1.54, 1.807) is 0 Å². The van der Waals surface area contributed by atoms with E-state index >= 15 is 0 Å². The van der Waals surface area contributed by atoms with Gasteiger partial charge in [0, 0.05) is 25.1 Å². The van der Waals surface area contributed by atoms with Crippen molar-refractivity contribution in [3.63, 3.8) is 0 Å². The van der Waals surface area contributed by atoms with Crippen LogP contribution in [0.25, 0.3) is 0 Å². The van der Waals surface area contributed by atoms with E-state index in [2.05, 4.69) is 11.9 Å². The van der Waals surface area contributed by atoms with Gasteiger partial charge in [-0.05, 0) is 38.8 Å². The molecule has 2 rings (SSSR count). The Labute approximate surface area is 116 Å². The SMILES string of the molecule is Cc1cccc(C(=O)CCN(C)CC2CCCC2)c1. The average molecular weight is 259 g/mol. The zero-order valence-electron chi connectivity index (χ0n) is 12.2. The van der Waals surface area contributed by atoms with Crippen LogP contribution in [-0.2, 0) is 0 Å². The van der Waals surface area contributed by atoms with Crippen molar-refractivity contribution in [3.05, 3.63) is 35.4 Å². The number of aryl methyl sites for hydroxylation is 1. The monoisotopic (exact) mass is 259 g/mol. The van der Waals surface area contributed by atoms with Crippen molar-refractivity contribution >= 4 is 5.78 Å². The van der Waals surface area contributed by atoms with E-state index in [-0.39, 0.29) is 5.78 Å². The van der Waals surface area contributed by atoms with Crippen LogP contribution in [0.15, 0.2) is 24.3 Å². The Bertz CT molecular complexity index is 421. The summed E-state index contributed by atoms with van der Waals surface area (Å²) in [7, 11) is 2.14. The van der Waals surface area contributed by atoms with Gasteiger partial charge in [0.05, 0.1) is 0 Å². The number of carbonyl (C=O) groups is 1. The summed E-state index contributed by atoms with van der Waals surface area (Å²) in [5.41, 5.74) is 2.01. The molecule has 0 bridgehead atoms. The lowest BCUT2D eigenvalue weighted by Crippen LogP contribution is -2.27. The van der Waals surface area contributed by atoms with Crippen molar-refractivity contribution in [2.75, 3.05) is 20.1 Å². The largest absolute Gasteiger partial charge is 0.306 e. The summed E-state index contributed by atoms with van der Waals surface area (Å²) in [6.07, 6.45) is 6.15. The summed E-state index contributed by atoms with van der Waals surface area (Å²) in [6, 6.07) is 7.90. The van der Waals surface area contributed by atoms with E-state index < -0.39 is 0 Å². The van der Waals surface area contributed by atoms with Gasteiger partial charge in [-0.25, -0.2) is 0 Å². The number of hydrogen-bond acceptors (Lipinski definition) is 2. The molecule has 0 amide bonds. The van der Waals surface area contributed by atoms with Gasteiger partial charge in [0.25, 0.3) is 0 Å². The summed E-state index contributed by atoms with van der Waals surface area (Å²) in [6.45, 7) is 4.06. The Morgan fingerprint density at radius 2 is 2.05 bits per heavy atom. The van der Waals surface area contributed by atoms with E-state index in [0.29, 0.717) is 6.42 Å². The van der Waals surface area contributed by atoms with Gasteiger partial charge >= 0.3 is 0 Å². The van der Waals surface area contributed by atoms with E-state index in [0.717, 1.165) is 30.1 Å². The predicted molar refractivity (Wildman–Crippen MR) is 79.6 cm³/mol. The van der Waals surface area contributed by atoms with Gasteiger partial charge in [-0.3, -0.25) is 4.79 Å². The quantitative estimate of drug-likeness (QED) is 0.726. The van der Waals surface area contributed by atoms with Crippen LogP contribution in [0.1, 0.15) is 48.0 Å². The first-order chi connectivity index (χ1) is 9.15. The van der Waals surface area contributed by atoms with Crippen molar-refractivity contribution < 1.29 is 4.79 Å². The van der Waals surface area contributed by atoms with Gasteiger partial charge in [0.1, 0.15) is 0 Å². The Kier molecular flexibility index (Phi) is 5.15. The molecule has 0 radical (unpaired) electrons. The highest BCUT2D eigenvalue weighted by molar-refractivity contribution is 5.96. The molecule has 1 aliphatic carbocycles. The molecule has 0 unspecified atom stereocenters. The number of nitrogens with zero attached hydrogens (tertiary/aromatic N) is 1. The fourth-order valence-electron chi connectivity index (χ4n) is 2.98. The molecule has 0 saturated heterocycles. The molecule has 2 heteroatoms. The normalized spacial score (nSPS) is 16.2. The molecule has 1 saturated carbocycles. The number of ketones is 1. The Morgan fingerprint density at radius 3 is 2.74 bits per heavy atom. The molecule has 1 aromatic rings. The van der Waals surface area contributed by atoms with Crippen molar-refractivity contribution in [1.29, 1.82) is 0 Å². The first kappa shape index (κ1) is 14.3. The summed E-state index contributed by atoms with van der Waals surface area (Å²) in [4.78, 5) is 14.4. The van der Waals surface area contributed by atoms with E-state index in [1.165, 1.54) is 25.7 Å². The second-order valence-corrected chi connectivity index (χ2v) is 5.96. The molecule has 1 aliphatic rings. The third-order valence-corrected chi connectivity index (χ3v) is 4.11. The van der Waals surface area contributed by atoms with Crippen LogP contribution in [0.2, 0.25) is 0 Å². The van der Waals surface area contributed by atoms with Crippen LogP contribution in [0, 0.1) is 12.8 Å². The van der Waals surface area contributed by atoms with Gasteiger partial charge in [-0.15, -0.1) is 0 Å². The van der Waals surface area contributed by atoms with Crippen molar-refractivity contribution in [2.45, 2.75) is 39.0 Å². The minimum atomic E-state index is 0.266. The van der Waals surface area contributed by atoms with Crippen LogP contribution in [0.4, 0.5) is 0 Å². The van der Waals surface area contributed by atoms with Crippen LogP contribution < -0.4 is 0 Å². The summed E-state index contributed by atoms with van der Waals surface area (Å²) in [5.74, 6) is 1.13. The smallest absolute Gasteiger partial charge is 0.164 e. The lowest BCUT2D eigenvalue weighted by Gasteiger charge is -2.20. The van der Waals surface area contributed by atoms with Gasteiger partial charge in [0.2, 0.25) is 0 Å². The summed E-state index contributed by atoms with van der Waals surface area (Å²) in [5, 5.41) is 0. The van der Waals surface area contributed by atoms with Gasteiger partial charge in [-0.1, -0.05) is 36.6 Å². The molecule has 2 nitrogen and oxygen atoms in total. The van der Waals surface area contributed by atoms with Crippen molar-refractivity contribution in [1.82, 2.24) is 4.90 Å². The highest BCUT2D eigenvalue weighted by Gasteiger charge is 2.17. The molecule has 0 aromatic heterocycles. The first-order valence-electron chi connectivity index (χ1n) is 7.43. The summed E-state index contributed by atoms with van der Waals surface area (Å²) >= 11 is 0. The molecule has 1 fully saturated rings. The lowest BCUT2D eigenvalue weighted by molar-refractivity contribution is 0.0966. The first-order valence-corrected chi connectivity index (χ1v) is 7.43. The highest BCUT2D eigenvalue weighted by atomic mass is 16.1. The van der Waals surface area contributed by atoms with Gasteiger partial charge < -0.3 is 4.90 Å². The molecular weight excluding hydrogens is 234 g/mol. The van der Waals surface area contributed by atoms with Crippen molar-refractivity contribution in [3.8, 4) is 0 Å². The minimum absolute atomic E-state index is 0.266. The second kappa shape index (κ2) is 6.85. The maximum Gasteiger partial charge on any atom is 0.164 e. The fraction of sp³-hybridized carbons (Fsp3) is 0.588. The van der Waals surface area contributed by atoms with E-state index in [1.807, 2.05) is 31.2 Å². The van der Waals surface area contributed by atoms with E-state index in [4.69, 9.17) is 0 Å². The molecule has 104 valence electrons. The van der Waals surface area contributed by atoms with E-state index in [9.17, 15) is 4.79 Å². The number of hydrogen-bond donors (Lipinski definition) is 0. The Morgan fingerprint density at radius 1 is 1.32 bits per heavy atom. The maximum atomic E-state index is 12.1. The zero-order valence-corrected chi connectivity index (χ0v) is 12.2. The lowest BCUT2D eigenvalue weighted by atomic mass is 10.0. The molecule has 0 heterocycles. The van der Waals surface area contributed by atoms with Crippen molar-refractivity contribution in [2.24, 2.45) is 5.92 Å². The average Bonchev–Trinajstić information content (AvgIpc) is 2.88. The number of Topliss-reactive ketones (excluding diaryl/α,β-unsaturated/α-hetero) is 1. The van der Waals surface area contributed by atoms with Gasteiger partial charge in [0.15, 0.2) is 5.78 Å². The van der Waals surface area contributed by atoms with Crippen LogP contribution in [0.5, 0.6) is 0 Å². The van der Waals surface area contributed by atoms with Crippen LogP contribution >= 0.6 is 0 Å². The van der Waals surface area contributed by atoms with Crippen LogP contribution in [0.3, 0.4) is 0 Å². The third kappa shape index (κ3) is 4.46. The molecule has 0 aliphatic heterocycles. The standard InChI is InChI=1S/C17H25NO/c1-14-6-5-9-16(12-14)17(19)10-11-18(2)13-15-7-3-4-8-15/h5-6,9,12,15H,3-4,7-8,10-11,13H2,1-2H3. The van der Waals surface area contributed by atoms with Gasteiger partial charge in [-0.2, -0.15) is 0 Å². The maximum absolute atomic E-state index is 12.1. The molecule has 19 heavy (non-hydrogen) atoms. The summed E-state index contributed by atoms with van der Waals surface area (Å²) < 4.78 is 0. The number of rotatable bonds is 6. The third-order valence-electron chi connectivity index (χ3n) is 4.11. The number of carbonyl (C=O) groups excluding carboxylic acids is 1. The fourth-order valence-corrected chi connectivity index (χ4v) is 2.98. The predicted octanol–water partition coefficient (Wildman–Crippen LogP) is 3.69. The molecular formula is C17H25NO. The number of benzene rings is 1. The van der Waals surface area contributed by atoms with Crippen LogP contribution in [-0.4, -0.2) is 30.8 Å². The molecule has 0 N–H and O–H groups in total. The second-order valence-electron chi connectivity index (χ2n) is 5.96. The zero-order chi connectivity index (χ0) is 13.7. The Hall–Kier alpha value is -1.15. The Balaban J connectivity index is 1.76. The highest BCUT2D eigenvalue weighted by Crippen LogP contribution is 2.25. The molecule has 0 spiro atoms. The molecule has 0 atom stereocenters. The molecule has 1 aromatic carbocycles. The topological polar surface area (TPSA) is 20.3 Å². The minimum Gasteiger partial charge on any atom is -0.306 e.